The zero-order valence-electron chi connectivity index (χ0n) is 12.6. The fraction of sp³-hybridized carbons (Fsp3) is 0.429. The molecule has 0 saturated carbocycles. The normalized spacial score (nSPS) is 11.6. The number of esters is 1. The number of rotatable bonds is 5. The second-order valence-corrected chi connectivity index (χ2v) is 5.63. The highest BCUT2D eigenvalue weighted by Crippen LogP contribution is 2.26. The quantitative estimate of drug-likeness (QED) is 0.513. The molecule has 118 valence electrons. The number of carbonyl (C=O) groups excluding carboxylic acids is 1. The van der Waals surface area contributed by atoms with Gasteiger partial charge in [-0.25, -0.2) is 4.79 Å². The number of ether oxygens (including phenoxy) is 1. The molecule has 0 fully saturated rings. The first kappa shape index (κ1) is 15.9. The van der Waals surface area contributed by atoms with Crippen molar-refractivity contribution in [3.8, 4) is 0 Å². The number of nitro benzene ring substituents is 1. The molecule has 0 spiro atoms. The van der Waals surface area contributed by atoms with Crippen molar-refractivity contribution in [2.45, 2.75) is 32.4 Å². The van der Waals surface area contributed by atoms with E-state index in [4.69, 9.17) is 0 Å². The lowest BCUT2D eigenvalue weighted by molar-refractivity contribution is -0.385. The van der Waals surface area contributed by atoms with Crippen molar-refractivity contribution in [2.75, 3.05) is 7.11 Å². The number of aryl methyl sites for hydroxylation is 1. The molecule has 2 rings (SSSR count). The van der Waals surface area contributed by atoms with Gasteiger partial charge in [0.25, 0.3) is 5.69 Å². The first-order valence-electron chi connectivity index (χ1n) is 6.67. The molecule has 2 aromatic rings. The lowest BCUT2D eigenvalue weighted by Crippen LogP contribution is -2.21. The summed E-state index contributed by atoms with van der Waals surface area (Å²) in [5.74, 6) is -0.778. The number of hydrogen-bond donors (Lipinski definition) is 1. The van der Waals surface area contributed by atoms with Crippen LogP contribution in [-0.4, -0.2) is 38.5 Å². The Labute approximate surface area is 126 Å². The summed E-state index contributed by atoms with van der Waals surface area (Å²) in [6.07, 6.45) is 2.13. The van der Waals surface area contributed by atoms with E-state index < -0.39 is 16.5 Å². The number of benzene rings is 1. The van der Waals surface area contributed by atoms with Gasteiger partial charge in [0.15, 0.2) is 0 Å². The monoisotopic (exact) mass is 307 g/mol. The van der Waals surface area contributed by atoms with E-state index in [0.29, 0.717) is 23.9 Å². The van der Waals surface area contributed by atoms with Gasteiger partial charge in [0.2, 0.25) is 0 Å². The van der Waals surface area contributed by atoms with Gasteiger partial charge in [-0.15, -0.1) is 0 Å². The third kappa shape index (κ3) is 3.40. The maximum atomic E-state index is 11.7. The Morgan fingerprint density at radius 3 is 2.73 bits per heavy atom. The number of carbonyl (C=O) groups is 1. The molecule has 8 heteroatoms. The van der Waals surface area contributed by atoms with E-state index in [1.165, 1.54) is 12.1 Å². The van der Waals surface area contributed by atoms with E-state index in [-0.39, 0.29) is 11.3 Å². The van der Waals surface area contributed by atoms with Gasteiger partial charge in [-0.2, -0.15) is 5.10 Å². The molecule has 0 aliphatic heterocycles. The predicted molar refractivity (Wildman–Crippen MR) is 78.6 cm³/mol. The van der Waals surface area contributed by atoms with Crippen molar-refractivity contribution in [1.29, 1.82) is 0 Å². The van der Waals surface area contributed by atoms with Crippen molar-refractivity contribution in [3.05, 3.63) is 34.0 Å². The van der Waals surface area contributed by atoms with E-state index in [2.05, 4.69) is 9.84 Å². The van der Waals surface area contributed by atoms with Crippen molar-refractivity contribution >= 4 is 22.6 Å². The molecule has 1 N–H and O–H groups in total. The molecule has 1 heterocycles. The van der Waals surface area contributed by atoms with Crippen LogP contribution in [0.15, 0.2) is 18.3 Å². The van der Waals surface area contributed by atoms with Gasteiger partial charge in [-0.05, 0) is 26.3 Å². The van der Waals surface area contributed by atoms with Crippen molar-refractivity contribution < 1.29 is 19.6 Å². The molecule has 0 bridgehead atoms. The highest BCUT2D eigenvalue weighted by Gasteiger charge is 2.23. The fourth-order valence-corrected chi connectivity index (χ4v) is 2.04. The number of nitrogens with zero attached hydrogens (tertiary/aromatic N) is 3. The van der Waals surface area contributed by atoms with Crippen LogP contribution in [0, 0.1) is 10.1 Å². The van der Waals surface area contributed by atoms with E-state index in [9.17, 15) is 20.0 Å². The number of nitro groups is 1. The molecular weight excluding hydrogens is 290 g/mol. The molecule has 0 aliphatic carbocycles. The maximum absolute atomic E-state index is 11.7. The van der Waals surface area contributed by atoms with Crippen LogP contribution in [0.2, 0.25) is 0 Å². The zero-order valence-corrected chi connectivity index (χ0v) is 12.6. The smallest absolute Gasteiger partial charge is 0.344 e. The topological polar surface area (TPSA) is 107 Å². The molecule has 1 aromatic carbocycles. The highest BCUT2D eigenvalue weighted by molar-refractivity contribution is 5.99. The summed E-state index contributed by atoms with van der Waals surface area (Å²) < 4.78 is 6.15. The molecule has 8 nitrogen and oxygen atoms in total. The first-order chi connectivity index (χ1) is 10.2. The average Bonchev–Trinajstić information content (AvgIpc) is 2.84. The minimum absolute atomic E-state index is 0.132. The Balaban J connectivity index is 2.44. The van der Waals surface area contributed by atoms with Gasteiger partial charge in [0, 0.05) is 24.2 Å². The van der Waals surface area contributed by atoms with Gasteiger partial charge >= 0.3 is 5.97 Å². The van der Waals surface area contributed by atoms with Gasteiger partial charge in [-0.1, -0.05) is 0 Å². The molecule has 0 saturated heterocycles. The Kier molecular flexibility index (Phi) is 4.14. The molecular formula is C14H17N3O5. The summed E-state index contributed by atoms with van der Waals surface area (Å²) in [4.78, 5) is 22.1. The second kappa shape index (κ2) is 5.72. The summed E-state index contributed by atoms with van der Waals surface area (Å²) >= 11 is 0. The maximum Gasteiger partial charge on any atom is 0.344 e. The Hall–Kier alpha value is -2.48. The highest BCUT2D eigenvalue weighted by atomic mass is 16.6. The van der Waals surface area contributed by atoms with Crippen LogP contribution in [0.1, 0.15) is 30.6 Å². The van der Waals surface area contributed by atoms with Crippen molar-refractivity contribution in [1.82, 2.24) is 9.78 Å². The number of aliphatic hydroxyl groups is 1. The molecule has 0 aliphatic rings. The van der Waals surface area contributed by atoms with Crippen LogP contribution in [0.4, 0.5) is 5.69 Å². The fourth-order valence-electron chi connectivity index (χ4n) is 2.04. The van der Waals surface area contributed by atoms with Crippen LogP contribution in [0.25, 0.3) is 10.9 Å². The third-order valence-electron chi connectivity index (χ3n) is 3.22. The van der Waals surface area contributed by atoms with E-state index >= 15 is 0 Å². The molecule has 0 unspecified atom stereocenters. The molecule has 0 radical (unpaired) electrons. The van der Waals surface area contributed by atoms with Gasteiger partial charge in [0.05, 0.1) is 23.2 Å². The molecule has 22 heavy (non-hydrogen) atoms. The minimum Gasteiger partial charge on any atom is -0.465 e. The van der Waals surface area contributed by atoms with Crippen LogP contribution in [0.5, 0.6) is 0 Å². The van der Waals surface area contributed by atoms with E-state index in [1.54, 1.807) is 24.7 Å². The summed E-state index contributed by atoms with van der Waals surface area (Å²) in [6, 6.07) is 2.65. The molecule has 0 atom stereocenters. The number of hydrogen-bond acceptors (Lipinski definition) is 6. The average molecular weight is 307 g/mol. The summed E-state index contributed by atoms with van der Waals surface area (Å²) in [7, 11) is 1.16. The van der Waals surface area contributed by atoms with Gasteiger partial charge in [-0.3, -0.25) is 14.8 Å². The lowest BCUT2D eigenvalue weighted by Gasteiger charge is -2.16. The van der Waals surface area contributed by atoms with Gasteiger partial charge < -0.3 is 9.84 Å². The van der Waals surface area contributed by atoms with Crippen molar-refractivity contribution in [2.24, 2.45) is 0 Å². The Bertz CT molecular complexity index is 730. The van der Waals surface area contributed by atoms with Crippen LogP contribution < -0.4 is 0 Å². The van der Waals surface area contributed by atoms with E-state index in [1.807, 2.05) is 0 Å². The summed E-state index contributed by atoms with van der Waals surface area (Å²) in [5.41, 5.74) is -0.822. The number of aromatic nitrogens is 2. The molecule has 0 amide bonds. The third-order valence-corrected chi connectivity index (χ3v) is 3.22. The van der Waals surface area contributed by atoms with E-state index in [0.717, 1.165) is 7.11 Å². The zero-order chi connectivity index (χ0) is 16.5. The summed E-state index contributed by atoms with van der Waals surface area (Å²) in [6.45, 7) is 3.84. The first-order valence-corrected chi connectivity index (χ1v) is 6.67. The predicted octanol–water partition coefficient (Wildman–Crippen LogP) is 1.89. The Morgan fingerprint density at radius 2 is 2.18 bits per heavy atom. The van der Waals surface area contributed by atoms with Crippen LogP contribution >= 0.6 is 0 Å². The van der Waals surface area contributed by atoms with Gasteiger partial charge in [0.1, 0.15) is 5.56 Å². The van der Waals surface area contributed by atoms with Crippen LogP contribution in [0.3, 0.4) is 0 Å². The summed E-state index contributed by atoms with van der Waals surface area (Å²) in [5, 5.41) is 25.6. The Morgan fingerprint density at radius 1 is 1.50 bits per heavy atom. The largest absolute Gasteiger partial charge is 0.465 e. The standard InChI is InChI=1S/C14H17N3O5/c1-14(2,19)4-5-16-8-9-6-12(17(20)21)10(13(18)22-3)7-11(9)15-16/h6-8,19H,4-5H2,1-3H3. The number of fused-ring (bicyclic) bond motifs is 1. The SMILES string of the molecule is COC(=O)c1cc2nn(CCC(C)(C)O)cc2cc1[N+](=O)[O-]. The molecule has 1 aromatic heterocycles. The second-order valence-electron chi connectivity index (χ2n) is 5.63. The lowest BCUT2D eigenvalue weighted by atomic mass is 10.1. The minimum atomic E-state index is -0.832. The van der Waals surface area contributed by atoms with Crippen LogP contribution in [-0.2, 0) is 11.3 Å². The van der Waals surface area contributed by atoms with Crippen molar-refractivity contribution in [3.63, 3.8) is 0 Å². The number of methoxy groups -OCH3 is 1.